The third-order valence-corrected chi connectivity index (χ3v) is 6.73. The Balaban J connectivity index is 2.23. The van der Waals surface area contributed by atoms with E-state index in [9.17, 15) is 8.42 Å². The van der Waals surface area contributed by atoms with Gasteiger partial charge in [0.05, 0.1) is 4.90 Å². The lowest BCUT2D eigenvalue weighted by molar-refractivity contribution is 0.518. The standard InChI is InChI=1S/C13H18Br2N2O2S/c1-9-7-12(15)13(8-11(9)14)20(18,19)17-10-3-2-5-16-6-4-10/h7-8,10,16-17H,2-6H2,1H3. The van der Waals surface area contributed by atoms with E-state index < -0.39 is 10.0 Å². The molecular formula is C13H18Br2N2O2S. The summed E-state index contributed by atoms with van der Waals surface area (Å²) in [6.07, 6.45) is 2.69. The first-order valence-corrected chi connectivity index (χ1v) is 9.66. The van der Waals surface area contributed by atoms with E-state index in [0.717, 1.165) is 42.4 Å². The minimum absolute atomic E-state index is 0.00183. The van der Waals surface area contributed by atoms with E-state index in [-0.39, 0.29) is 10.9 Å². The van der Waals surface area contributed by atoms with Crippen LogP contribution in [0.1, 0.15) is 24.8 Å². The molecule has 1 aliphatic rings. The molecule has 20 heavy (non-hydrogen) atoms. The van der Waals surface area contributed by atoms with E-state index in [0.29, 0.717) is 4.47 Å². The van der Waals surface area contributed by atoms with Crippen LogP contribution in [0.4, 0.5) is 0 Å². The first-order chi connectivity index (χ1) is 9.40. The molecule has 1 saturated heterocycles. The van der Waals surface area contributed by atoms with Gasteiger partial charge in [0, 0.05) is 15.0 Å². The molecule has 0 saturated carbocycles. The van der Waals surface area contributed by atoms with E-state index >= 15 is 0 Å². The maximum Gasteiger partial charge on any atom is 0.241 e. The number of hydrogen-bond acceptors (Lipinski definition) is 3. The van der Waals surface area contributed by atoms with Crippen molar-refractivity contribution >= 4 is 41.9 Å². The topological polar surface area (TPSA) is 58.2 Å². The van der Waals surface area contributed by atoms with Crippen LogP contribution in [-0.4, -0.2) is 27.5 Å². The molecule has 0 aliphatic carbocycles. The van der Waals surface area contributed by atoms with Gasteiger partial charge in [-0.2, -0.15) is 0 Å². The highest BCUT2D eigenvalue weighted by Gasteiger charge is 2.23. The van der Waals surface area contributed by atoms with Gasteiger partial charge < -0.3 is 5.32 Å². The van der Waals surface area contributed by atoms with Gasteiger partial charge in [-0.05, 0) is 72.9 Å². The first kappa shape index (κ1) is 16.4. The van der Waals surface area contributed by atoms with Crippen molar-refractivity contribution < 1.29 is 8.42 Å². The largest absolute Gasteiger partial charge is 0.317 e. The molecule has 0 radical (unpaired) electrons. The van der Waals surface area contributed by atoms with Crippen LogP contribution in [0.5, 0.6) is 0 Å². The molecule has 4 nitrogen and oxygen atoms in total. The van der Waals surface area contributed by atoms with Gasteiger partial charge >= 0.3 is 0 Å². The van der Waals surface area contributed by atoms with Gasteiger partial charge in [-0.25, -0.2) is 13.1 Å². The molecule has 1 aromatic carbocycles. The van der Waals surface area contributed by atoms with Crippen LogP contribution < -0.4 is 10.0 Å². The number of nitrogens with one attached hydrogen (secondary N) is 2. The summed E-state index contributed by atoms with van der Waals surface area (Å²) in [6, 6.07) is 3.46. The van der Waals surface area contributed by atoms with E-state index in [1.54, 1.807) is 6.07 Å². The van der Waals surface area contributed by atoms with Crippen molar-refractivity contribution in [1.82, 2.24) is 10.0 Å². The minimum atomic E-state index is -3.50. The highest BCUT2D eigenvalue weighted by Crippen LogP contribution is 2.29. The summed E-state index contributed by atoms with van der Waals surface area (Å²) in [5.74, 6) is 0. The number of hydrogen-bond donors (Lipinski definition) is 2. The van der Waals surface area contributed by atoms with Crippen molar-refractivity contribution in [3.8, 4) is 0 Å². The molecule has 0 amide bonds. The molecule has 112 valence electrons. The smallest absolute Gasteiger partial charge is 0.241 e. The Labute approximate surface area is 137 Å². The molecule has 0 bridgehead atoms. The molecule has 2 N–H and O–H groups in total. The lowest BCUT2D eigenvalue weighted by Gasteiger charge is -2.17. The van der Waals surface area contributed by atoms with Crippen LogP contribution in [0.2, 0.25) is 0 Å². The van der Waals surface area contributed by atoms with Gasteiger partial charge in [0.2, 0.25) is 10.0 Å². The minimum Gasteiger partial charge on any atom is -0.317 e. The predicted molar refractivity (Wildman–Crippen MR) is 87.4 cm³/mol. The van der Waals surface area contributed by atoms with Gasteiger partial charge in [-0.1, -0.05) is 15.9 Å². The quantitative estimate of drug-likeness (QED) is 0.782. The average molecular weight is 426 g/mol. The summed E-state index contributed by atoms with van der Waals surface area (Å²) < 4.78 is 29.2. The zero-order chi connectivity index (χ0) is 14.8. The second-order valence-corrected chi connectivity index (χ2v) is 8.42. The fourth-order valence-electron chi connectivity index (χ4n) is 2.25. The molecule has 0 spiro atoms. The SMILES string of the molecule is Cc1cc(Br)c(S(=O)(=O)NC2CCCNCC2)cc1Br. The van der Waals surface area contributed by atoms with E-state index in [1.165, 1.54) is 0 Å². The van der Waals surface area contributed by atoms with E-state index in [2.05, 4.69) is 41.9 Å². The van der Waals surface area contributed by atoms with E-state index in [1.807, 2.05) is 13.0 Å². The number of aryl methyl sites for hydroxylation is 1. The Bertz CT molecular complexity index is 582. The Kier molecular flexibility index (Phi) is 5.64. The second kappa shape index (κ2) is 6.87. The highest BCUT2D eigenvalue weighted by molar-refractivity contribution is 9.11. The molecule has 1 aromatic rings. The Morgan fingerprint density at radius 3 is 2.70 bits per heavy atom. The van der Waals surface area contributed by atoms with Crippen molar-refractivity contribution in [2.75, 3.05) is 13.1 Å². The van der Waals surface area contributed by atoms with Crippen molar-refractivity contribution in [3.63, 3.8) is 0 Å². The molecule has 1 fully saturated rings. The van der Waals surface area contributed by atoms with Crippen molar-refractivity contribution in [2.45, 2.75) is 37.1 Å². The van der Waals surface area contributed by atoms with Gasteiger partial charge in [0.15, 0.2) is 0 Å². The summed E-state index contributed by atoms with van der Waals surface area (Å²) in [6.45, 7) is 3.74. The van der Waals surface area contributed by atoms with Gasteiger partial charge in [0.25, 0.3) is 0 Å². The monoisotopic (exact) mass is 424 g/mol. The molecule has 1 unspecified atom stereocenters. The van der Waals surface area contributed by atoms with Gasteiger partial charge in [-0.15, -0.1) is 0 Å². The lowest BCUT2D eigenvalue weighted by atomic mass is 10.1. The summed E-state index contributed by atoms with van der Waals surface area (Å²) >= 11 is 6.73. The molecule has 1 aliphatic heterocycles. The molecule has 1 atom stereocenters. The van der Waals surface area contributed by atoms with Crippen molar-refractivity contribution in [1.29, 1.82) is 0 Å². The van der Waals surface area contributed by atoms with Gasteiger partial charge in [0.1, 0.15) is 0 Å². The third kappa shape index (κ3) is 4.04. The lowest BCUT2D eigenvalue weighted by Crippen LogP contribution is -2.35. The highest BCUT2D eigenvalue weighted by atomic mass is 79.9. The number of rotatable bonds is 3. The van der Waals surface area contributed by atoms with Crippen LogP contribution in [0.25, 0.3) is 0 Å². The number of benzene rings is 1. The second-order valence-electron chi connectivity index (χ2n) is 5.03. The number of halogens is 2. The normalized spacial score (nSPS) is 20.6. The van der Waals surface area contributed by atoms with Crippen LogP contribution in [-0.2, 0) is 10.0 Å². The maximum absolute atomic E-state index is 12.5. The van der Waals surface area contributed by atoms with Gasteiger partial charge in [-0.3, -0.25) is 0 Å². The van der Waals surface area contributed by atoms with Crippen LogP contribution in [0, 0.1) is 6.92 Å². The zero-order valence-electron chi connectivity index (χ0n) is 11.2. The summed E-state index contributed by atoms with van der Waals surface area (Å²) in [7, 11) is -3.50. The van der Waals surface area contributed by atoms with Crippen molar-refractivity contribution in [3.05, 3.63) is 26.6 Å². The fourth-order valence-corrected chi connectivity index (χ4v) is 5.24. The van der Waals surface area contributed by atoms with Crippen LogP contribution >= 0.6 is 31.9 Å². The molecular weight excluding hydrogens is 408 g/mol. The van der Waals surface area contributed by atoms with Crippen molar-refractivity contribution in [2.24, 2.45) is 0 Å². The summed E-state index contributed by atoms with van der Waals surface area (Å²) in [4.78, 5) is 0.284. The molecule has 1 heterocycles. The molecule has 7 heteroatoms. The third-order valence-electron chi connectivity index (χ3n) is 3.40. The first-order valence-electron chi connectivity index (χ1n) is 6.59. The van der Waals surface area contributed by atoms with Crippen LogP contribution in [0.3, 0.4) is 0 Å². The Hall–Kier alpha value is 0.0500. The van der Waals surface area contributed by atoms with Crippen LogP contribution in [0.15, 0.2) is 26.0 Å². The predicted octanol–water partition coefficient (Wildman–Crippen LogP) is 2.94. The average Bonchev–Trinajstić information content (AvgIpc) is 2.61. The fraction of sp³-hybridized carbons (Fsp3) is 0.538. The Morgan fingerprint density at radius 1 is 1.20 bits per heavy atom. The Morgan fingerprint density at radius 2 is 1.95 bits per heavy atom. The number of sulfonamides is 1. The zero-order valence-corrected chi connectivity index (χ0v) is 15.2. The van der Waals surface area contributed by atoms with E-state index in [4.69, 9.17) is 0 Å². The summed E-state index contributed by atoms with van der Waals surface area (Å²) in [5.41, 5.74) is 0.995. The molecule has 2 rings (SSSR count). The summed E-state index contributed by atoms with van der Waals surface area (Å²) in [5, 5.41) is 3.28. The maximum atomic E-state index is 12.5. The molecule has 0 aromatic heterocycles.